The van der Waals surface area contributed by atoms with Crippen molar-refractivity contribution in [1.82, 2.24) is 19.9 Å². The van der Waals surface area contributed by atoms with Gasteiger partial charge in [-0.05, 0) is 57.2 Å². The molecule has 4 rings (SSSR count). The third-order valence-electron chi connectivity index (χ3n) is 6.93. The minimum absolute atomic E-state index is 0.0726. The van der Waals surface area contributed by atoms with Crippen LogP contribution in [0.4, 0.5) is 0 Å². The first-order valence-corrected chi connectivity index (χ1v) is 11.8. The second-order valence-corrected chi connectivity index (χ2v) is 10.2. The molecule has 1 saturated carbocycles. The van der Waals surface area contributed by atoms with E-state index in [0.717, 1.165) is 49.5 Å². The quantitative estimate of drug-likeness (QED) is 0.634. The van der Waals surface area contributed by atoms with Gasteiger partial charge in [-0.1, -0.05) is 61.7 Å². The van der Waals surface area contributed by atoms with Crippen LogP contribution in [-0.2, 0) is 12.0 Å². The van der Waals surface area contributed by atoms with Crippen LogP contribution in [0.1, 0.15) is 68.8 Å². The van der Waals surface area contributed by atoms with Crippen molar-refractivity contribution in [2.45, 2.75) is 64.8 Å². The highest BCUT2D eigenvalue weighted by Gasteiger charge is 2.41. The van der Waals surface area contributed by atoms with Crippen LogP contribution in [-0.4, -0.2) is 53.2 Å². The van der Waals surface area contributed by atoms with Crippen molar-refractivity contribution >= 4 is 0 Å². The highest BCUT2D eigenvalue weighted by molar-refractivity contribution is 5.35. The zero-order valence-electron chi connectivity index (χ0n) is 19.2. The molecule has 1 atom stereocenters. The maximum Gasteiger partial charge on any atom is 0.240 e. The molecule has 0 amide bonds. The Morgan fingerprint density at radius 3 is 2.63 bits per heavy atom. The van der Waals surface area contributed by atoms with E-state index in [1.54, 1.807) is 0 Å². The number of nitrogens with zero attached hydrogens (tertiary/aromatic N) is 4. The molecule has 1 saturated heterocycles. The predicted molar refractivity (Wildman–Crippen MR) is 120 cm³/mol. The number of likely N-dealkylation sites (tertiary alicyclic amines) is 1. The Bertz CT molecular complexity index is 807. The van der Waals surface area contributed by atoms with Gasteiger partial charge in [-0.15, -0.1) is 0 Å². The van der Waals surface area contributed by atoms with Gasteiger partial charge >= 0.3 is 0 Å². The molecule has 1 aliphatic carbocycles. The number of hydrogen-bond donors (Lipinski definition) is 0. The maximum absolute atomic E-state index is 5.74. The Labute approximate surface area is 181 Å². The van der Waals surface area contributed by atoms with Crippen LogP contribution in [0.3, 0.4) is 0 Å². The number of aromatic nitrogens is 2. The van der Waals surface area contributed by atoms with Crippen LogP contribution in [0.5, 0.6) is 0 Å². The van der Waals surface area contributed by atoms with E-state index in [4.69, 9.17) is 9.51 Å². The first kappa shape index (κ1) is 21.5. The molecule has 5 nitrogen and oxygen atoms in total. The number of hydrogen-bond acceptors (Lipinski definition) is 5. The van der Waals surface area contributed by atoms with Crippen molar-refractivity contribution in [2.75, 3.05) is 33.2 Å². The first-order chi connectivity index (χ1) is 14.4. The van der Waals surface area contributed by atoms with E-state index in [2.05, 4.69) is 67.0 Å². The van der Waals surface area contributed by atoms with Gasteiger partial charge in [0.2, 0.25) is 5.89 Å². The van der Waals surface area contributed by atoms with Crippen LogP contribution >= 0.6 is 0 Å². The Balaban J connectivity index is 1.39. The van der Waals surface area contributed by atoms with Gasteiger partial charge in [0.05, 0.1) is 12.0 Å². The van der Waals surface area contributed by atoms with Gasteiger partial charge in [-0.25, -0.2) is 0 Å². The molecule has 2 fully saturated rings. The van der Waals surface area contributed by atoms with Crippen LogP contribution in [0.25, 0.3) is 0 Å². The van der Waals surface area contributed by atoms with E-state index in [0.29, 0.717) is 0 Å². The summed E-state index contributed by atoms with van der Waals surface area (Å²) in [7, 11) is 2.18. The lowest BCUT2D eigenvalue weighted by Crippen LogP contribution is -2.30. The van der Waals surface area contributed by atoms with Crippen LogP contribution in [0.15, 0.2) is 28.8 Å². The van der Waals surface area contributed by atoms with Gasteiger partial charge in [-0.3, -0.25) is 4.90 Å². The molecule has 1 aromatic heterocycles. The third-order valence-corrected chi connectivity index (χ3v) is 6.93. The summed E-state index contributed by atoms with van der Waals surface area (Å²) in [6.07, 6.45) is 5.97. The van der Waals surface area contributed by atoms with E-state index in [1.807, 2.05) is 0 Å². The molecule has 2 aliphatic rings. The lowest BCUT2D eigenvalue weighted by molar-refractivity contribution is 0.224. The molecule has 1 unspecified atom stereocenters. The molecular weight excluding hydrogens is 372 g/mol. The molecule has 1 aromatic carbocycles. The summed E-state index contributed by atoms with van der Waals surface area (Å²) in [6, 6.07) is 8.92. The Morgan fingerprint density at radius 1 is 1.20 bits per heavy atom. The lowest BCUT2D eigenvalue weighted by atomic mass is 9.78. The summed E-state index contributed by atoms with van der Waals surface area (Å²) in [5, 5.41) is 4.48. The average Bonchev–Trinajstić information content (AvgIpc) is 3.43. The molecule has 164 valence electrons. The van der Waals surface area contributed by atoms with E-state index in [-0.39, 0.29) is 5.41 Å². The smallest absolute Gasteiger partial charge is 0.240 e. The van der Waals surface area contributed by atoms with Crippen molar-refractivity contribution in [3.63, 3.8) is 0 Å². The van der Waals surface area contributed by atoms with Gasteiger partial charge in [-0.2, -0.15) is 4.98 Å². The molecule has 30 heavy (non-hydrogen) atoms. The maximum atomic E-state index is 5.74. The third kappa shape index (κ3) is 4.78. The number of aryl methyl sites for hydroxylation is 1. The van der Waals surface area contributed by atoms with Crippen molar-refractivity contribution in [3.8, 4) is 0 Å². The number of benzene rings is 1. The summed E-state index contributed by atoms with van der Waals surface area (Å²) >= 11 is 0. The number of rotatable bonds is 8. The summed E-state index contributed by atoms with van der Waals surface area (Å²) < 4.78 is 5.74. The van der Waals surface area contributed by atoms with E-state index < -0.39 is 0 Å². The van der Waals surface area contributed by atoms with E-state index >= 15 is 0 Å². The molecule has 5 heteroatoms. The molecular formula is C25H38N4O. The summed E-state index contributed by atoms with van der Waals surface area (Å²) in [5.41, 5.74) is 2.56. The fraction of sp³-hybridized carbons (Fsp3) is 0.680. The average molecular weight is 411 g/mol. The van der Waals surface area contributed by atoms with Crippen molar-refractivity contribution in [3.05, 3.63) is 47.1 Å². The molecule has 2 aromatic rings. The van der Waals surface area contributed by atoms with E-state index in [1.165, 1.54) is 50.0 Å². The van der Waals surface area contributed by atoms with Crippen LogP contribution in [0.2, 0.25) is 0 Å². The van der Waals surface area contributed by atoms with Crippen LogP contribution < -0.4 is 0 Å². The molecule has 0 bridgehead atoms. The molecule has 1 aliphatic heterocycles. The monoisotopic (exact) mass is 410 g/mol. The fourth-order valence-corrected chi connectivity index (χ4v) is 5.49. The molecule has 2 heterocycles. The largest absolute Gasteiger partial charge is 0.338 e. The Hall–Kier alpha value is -1.72. The zero-order valence-corrected chi connectivity index (χ0v) is 19.2. The first-order valence-electron chi connectivity index (χ1n) is 11.8. The topological polar surface area (TPSA) is 45.4 Å². The summed E-state index contributed by atoms with van der Waals surface area (Å²) in [4.78, 5) is 9.87. The molecule has 0 spiro atoms. The van der Waals surface area contributed by atoms with Crippen molar-refractivity contribution < 1.29 is 4.52 Å². The fourth-order valence-electron chi connectivity index (χ4n) is 5.49. The predicted octanol–water partition coefficient (Wildman–Crippen LogP) is 4.65. The van der Waals surface area contributed by atoms with E-state index in [9.17, 15) is 0 Å². The molecule has 0 N–H and O–H groups in total. The lowest BCUT2D eigenvalue weighted by Gasteiger charge is -2.26. The normalized spacial score (nSPS) is 21.9. The Kier molecular flexibility index (Phi) is 6.59. The SMILES string of the molecule is Cc1ccc(C2(c3noc(CN(C)CC4CCN(CC(C)C)C4)n3)CCCC2)cc1. The zero-order chi connectivity index (χ0) is 21.1. The van der Waals surface area contributed by atoms with Crippen molar-refractivity contribution in [1.29, 1.82) is 0 Å². The summed E-state index contributed by atoms with van der Waals surface area (Å²) in [6.45, 7) is 12.2. The van der Waals surface area contributed by atoms with Crippen LogP contribution in [0, 0.1) is 18.8 Å². The minimum Gasteiger partial charge on any atom is -0.338 e. The van der Waals surface area contributed by atoms with Gasteiger partial charge in [0.1, 0.15) is 0 Å². The highest BCUT2D eigenvalue weighted by atomic mass is 16.5. The van der Waals surface area contributed by atoms with Gasteiger partial charge in [0, 0.05) is 19.6 Å². The summed E-state index contributed by atoms with van der Waals surface area (Å²) in [5.74, 6) is 3.12. The second-order valence-electron chi connectivity index (χ2n) is 10.2. The van der Waals surface area contributed by atoms with Gasteiger partial charge in [0.25, 0.3) is 0 Å². The molecule has 0 radical (unpaired) electrons. The second kappa shape index (κ2) is 9.19. The van der Waals surface area contributed by atoms with Crippen molar-refractivity contribution in [2.24, 2.45) is 11.8 Å². The van der Waals surface area contributed by atoms with Gasteiger partial charge < -0.3 is 9.42 Å². The standard InChI is InChI=1S/C25H38N4O/c1-19(2)15-29-14-11-21(17-29)16-28(4)18-23-26-24(27-30-23)25(12-5-6-13-25)22-9-7-20(3)8-10-22/h7-10,19,21H,5-6,11-18H2,1-4H3. The minimum atomic E-state index is -0.0726. The Morgan fingerprint density at radius 2 is 1.93 bits per heavy atom. The van der Waals surface area contributed by atoms with Gasteiger partial charge in [0.15, 0.2) is 5.82 Å². The highest BCUT2D eigenvalue weighted by Crippen LogP contribution is 2.45.